The number of benzene rings is 2. The zero-order valence-corrected chi connectivity index (χ0v) is 14.1. The van der Waals surface area contributed by atoms with Gasteiger partial charge in [0, 0.05) is 26.1 Å². The summed E-state index contributed by atoms with van der Waals surface area (Å²) in [5.74, 6) is 1.14. The van der Waals surface area contributed by atoms with Crippen molar-refractivity contribution in [2.45, 2.75) is 38.5 Å². The lowest BCUT2D eigenvalue weighted by atomic mass is 9.66. The van der Waals surface area contributed by atoms with Crippen molar-refractivity contribution in [2.24, 2.45) is 5.41 Å². The second kappa shape index (κ2) is 5.97. The summed E-state index contributed by atoms with van der Waals surface area (Å²) < 4.78 is 4.25. The Morgan fingerprint density at radius 3 is 2.65 bits per heavy atom. The molecule has 4 rings (SSSR count). The maximum absolute atomic E-state index is 12.2. The molecule has 2 aliphatic carbocycles. The first-order valence-corrected chi connectivity index (χ1v) is 8.19. The number of Topliss-reactive ketones (excluding diaryl/α,β-unsaturated/α-hetero) is 1. The van der Waals surface area contributed by atoms with Gasteiger partial charge in [-0.15, -0.1) is 0 Å². The number of carbonyl (C=O) groups excluding carboxylic acids is 1. The van der Waals surface area contributed by atoms with Crippen molar-refractivity contribution < 1.29 is 14.6 Å². The van der Waals surface area contributed by atoms with Crippen LogP contribution in [0.3, 0.4) is 0 Å². The van der Waals surface area contributed by atoms with Crippen LogP contribution in [0.25, 0.3) is 10.8 Å². The number of ketones is 1. The molecule has 1 saturated carbocycles. The highest BCUT2D eigenvalue weighted by Gasteiger charge is 2.49. The van der Waals surface area contributed by atoms with Crippen molar-refractivity contribution in [2.75, 3.05) is 14.2 Å². The minimum absolute atomic E-state index is 0.141. The zero-order chi connectivity index (χ0) is 16.6. The molecule has 122 valence electrons. The van der Waals surface area contributed by atoms with Crippen LogP contribution in [0.4, 0.5) is 0 Å². The summed E-state index contributed by atoms with van der Waals surface area (Å²) >= 11 is 0. The van der Waals surface area contributed by atoms with Crippen LogP contribution < -0.4 is 0 Å². The normalized spacial score (nSPS) is 25.5. The van der Waals surface area contributed by atoms with Crippen LogP contribution in [0.1, 0.15) is 43.2 Å². The SMILES string of the molecule is COC.C[C@]12CCc3c(ccc4cc(O)ccc34)[C@@H]1CCC2=O. The summed E-state index contributed by atoms with van der Waals surface area (Å²) in [7, 11) is 3.25. The summed E-state index contributed by atoms with van der Waals surface area (Å²) in [5, 5.41) is 11.9. The molecule has 0 aromatic heterocycles. The number of phenols is 1. The van der Waals surface area contributed by atoms with E-state index in [0.29, 0.717) is 17.5 Å². The smallest absolute Gasteiger partial charge is 0.139 e. The van der Waals surface area contributed by atoms with Crippen molar-refractivity contribution in [3.63, 3.8) is 0 Å². The molecule has 2 atom stereocenters. The molecule has 0 amide bonds. The van der Waals surface area contributed by atoms with E-state index in [1.54, 1.807) is 20.3 Å². The van der Waals surface area contributed by atoms with E-state index in [4.69, 9.17) is 0 Å². The van der Waals surface area contributed by atoms with Gasteiger partial charge in [-0.25, -0.2) is 0 Å². The molecular formula is C20H24O3. The molecular weight excluding hydrogens is 288 g/mol. The molecule has 0 aliphatic heterocycles. The van der Waals surface area contributed by atoms with Gasteiger partial charge in [-0.05, 0) is 59.2 Å². The van der Waals surface area contributed by atoms with Crippen molar-refractivity contribution in [1.82, 2.24) is 0 Å². The fourth-order valence-corrected chi connectivity index (χ4v) is 4.27. The van der Waals surface area contributed by atoms with Gasteiger partial charge in [0.15, 0.2) is 0 Å². The van der Waals surface area contributed by atoms with Gasteiger partial charge >= 0.3 is 0 Å². The molecule has 1 fully saturated rings. The van der Waals surface area contributed by atoms with Gasteiger partial charge in [0.05, 0.1) is 0 Å². The summed E-state index contributed by atoms with van der Waals surface area (Å²) in [6, 6.07) is 9.86. The first kappa shape index (κ1) is 16.0. The highest BCUT2D eigenvalue weighted by molar-refractivity contribution is 5.92. The lowest BCUT2D eigenvalue weighted by Gasteiger charge is -2.37. The van der Waals surface area contributed by atoms with Crippen molar-refractivity contribution in [3.05, 3.63) is 41.5 Å². The van der Waals surface area contributed by atoms with Crippen molar-refractivity contribution in [1.29, 1.82) is 0 Å². The molecule has 0 radical (unpaired) electrons. The first-order valence-electron chi connectivity index (χ1n) is 8.19. The van der Waals surface area contributed by atoms with Gasteiger partial charge in [-0.2, -0.15) is 0 Å². The van der Waals surface area contributed by atoms with E-state index in [2.05, 4.69) is 23.8 Å². The minimum Gasteiger partial charge on any atom is -0.508 e. The quantitative estimate of drug-likeness (QED) is 0.793. The fraction of sp³-hybridized carbons (Fsp3) is 0.450. The molecule has 2 aliphatic rings. The van der Waals surface area contributed by atoms with Gasteiger partial charge in [-0.1, -0.05) is 25.1 Å². The topological polar surface area (TPSA) is 46.5 Å². The lowest BCUT2D eigenvalue weighted by Crippen LogP contribution is -2.32. The Labute approximate surface area is 137 Å². The third kappa shape index (κ3) is 2.53. The van der Waals surface area contributed by atoms with E-state index in [1.807, 2.05) is 12.1 Å². The van der Waals surface area contributed by atoms with Crippen molar-refractivity contribution in [3.8, 4) is 5.75 Å². The van der Waals surface area contributed by atoms with Gasteiger partial charge < -0.3 is 9.84 Å². The molecule has 0 heterocycles. The average molecular weight is 312 g/mol. The van der Waals surface area contributed by atoms with Crippen LogP contribution in [0.5, 0.6) is 5.75 Å². The van der Waals surface area contributed by atoms with Crippen LogP contribution in [-0.2, 0) is 16.0 Å². The molecule has 3 nitrogen and oxygen atoms in total. The molecule has 0 spiro atoms. The Kier molecular flexibility index (Phi) is 4.15. The number of hydrogen-bond acceptors (Lipinski definition) is 3. The molecule has 0 saturated heterocycles. The molecule has 3 heteroatoms. The third-order valence-electron chi connectivity index (χ3n) is 5.49. The predicted molar refractivity (Wildman–Crippen MR) is 92.0 cm³/mol. The maximum atomic E-state index is 12.2. The van der Waals surface area contributed by atoms with Gasteiger partial charge in [0.25, 0.3) is 0 Å². The van der Waals surface area contributed by atoms with Gasteiger partial charge in [0.2, 0.25) is 0 Å². The van der Waals surface area contributed by atoms with Crippen molar-refractivity contribution >= 4 is 16.6 Å². The number of aromatic hydroxyl groups is 1. The minimum atomic E-state index is -0.141. The number of fused-ring (bicyclic) bond motifs is 5. The second-order valence-electron chi connectivity index (χ2n) is 6.88. The Bertz CT molecular complexity index is 750. The Hall–Kier alpha value is -1.87. The average Bonchev–Trinajstić information content (AvgIpc) is 2.83. The van der Waals surface area contributed by atoms with E-state index >= 15 is 0 Å². The highest BCUT2D eigenvalue weighted by Crippen LogP contribution is 2.54. The molecule has 2 aromatic rings. The summed E-state index contributed by atoms with van der Waals surface area (Å²) in [6.07, 6.45) is 3.65. The number of rotatable bonds is 0. The molecule has 0 unspecified atom stereocenters. The highest BCUT2D eigenvalue weighted by atomic mass is 16.4. The molecule has 23 heavy (non-hydrogen) atoms. The van der Waals surface area contributed by atoms with E-state index in [-0.39, 0.29) is 5.41 Å². The fourth-order valence-electron chi connectivity index (χ4n) is 4.27. The van der Waals surface area contributed by atoms with E-state index in [0.717, 1.165) is 31.1 Å². The number of ether oxygens (including phenoxy) is 1. The van der Waals surface area contributed by atoms with Crippen LogP contribution in [0.2, 0.25) is 0 Å². The van der Waals surface area contributed by atoms with Gasteiger partial charge in [0.1, 0.15) is 11.5 Å². The van der Waals surface area contributed by atoms with E-state index < -0.39 is 0 Å². The zero-order valence-electron chi connectivity index (χ0n) is 14.1. The van der Waals surface area contributed by atoms with Gasteiger partial charge in [-0.3, -0.25) is 4.79 Å². The molecule has 0 bridgehead atoms. The standard InChI is InChI=1S/C18H18O2.C2H6O/c1-18-9-8-14-13-5-3-12(19)10-11(13)2-4-15(14)16(18)6-7-17(18)20;1-3-2/h2-5,10,16,19H,6-9H2,1H3;1-2H3/t16-,18-;/m0./s1. The molecule has 1 N–H and O–H groups in total. The maximum Gasteiger partial charge on any atom is 0.139 e. The van der Waals surface area contributed by atoms with Crippen LogP contribution in [0, 0.1) is 5.41 Å². The first-order chi connectivity index (χ1) is 11.0. The van der Waals surface area contributed by atoms with E-state index in [9.17, 15) is 9.90 Å². The number of phenolic OH excluding ortho intramolecular Hbond substituents is 1. The summed E-state index contributed by atoms with van der Waals surface area (Å²) in [4.78, 5) is 12.2. The number of carbonyl (C=O) groups is 1. The van der Waals surface area contributed by atoms with Crippen LogP contribution >= 0.6 is 0 Å². The van der Waals surface area contributed by atoms with Crippen LogP contribution in [0.15, 0.2) is 30.3 Å². The summed E-state index contributed by atoms with van der Waals surface area (Å²) in [6.45, 7) is 2.15. The predicted octanol–water partition coefficient (Wildman–Crippen LogP) is 4.21. The summed E-state index contributed by atoms with van der Waals surface area (Å²) in [5.41, 5.74) is 2.61. The number of aryl methyl sites for hydroxylation is 1. The Morgan fingerprint density at radius 2 is 1.91 bits per heavy atom. The third-order valence-corrected chi connectivity index (χ3v) is 5.49. The lowest BCUT2D eigenvalue weighted by molar-refractivity contribution is -0.126. The monoisotopic (exact) mass is 312 g/mol. The molecule has 2 aromatic carbocycles. The van der Waals surface area contributed by atoms with Crippen LogP contribution in [-0.4, -0.2) is 25.1 Å². The number of hydrogen-bond donors (Lipinski definition) is 1. The number of methoxy groups -OCH3 is 1. The second-order valence-corrected chi connectivity index (χ2v) is 6.88. The Balaban J connectivity index is 0.000000485. The van der Waals surface area contributed by atoms with E-state index in [1.165, 1.54) is 16.5 Å². The largest absolute Gasteiger partial charge is 0.508 e. The Morgan fingerprint density at radius 1 is 1.17 bits per heavy atom.